The Bertz CT molecular complexity index is 394. The van der Waals surface area contributed by atoms with Gasteiger partial charge in [0.15, 0.2) is 5.78 Å². The monoisotopic (exact) mass is 237 g/mol. The van der Waals surface area contributed by atoms with Crippen molar-refractivity contribution < 1.29 is 9.90 Å². The van der Waals surface area contributed by atoms with Crippen LogP contribution >= 0.6 is 0 Å². The fourth-order valence-corrected chi connectivity index (χ4v) is 2.37. The Hall–Kier alpha value is -1.23. The van der Waals surface area contributed by atoms with Crippen molar-refractivity contribution in [1.29, 1.82) is 0 Å². The van der Waals surface area contributed by atoms with Gasteiger partial charge >= 0.3 is 0 Å². The highest BCUT2D eigenvalue weighted by Gasteiger charge is 2.38. The summed E-state index contributed by atoms with van der Waals surface area (Å²) in [5.41, 5.74) is -1.11. The van der Waals surface area contributed by atoms with Crippen molar-refractivity contribution in [2.75, 3.05) is 0 Å². The lowest BCUT2D eigenvalue weighted by atomic mass is 9.94. The molecule has 1 fully saturated rings. The SMILES string of the molecule is CCCn1ncnc1CC(=O)C1(O)CCCC1. The van der Waals surface area contributed by atoms with Gasteiger partial charge in [0, 0.05) is 6.54 Å². The van der Waals surface area contributed by atoms with Gasteiger partial charge in [-0.05, 0) is 32.1 Å². The minimum atomic E-state index is -1.11. The van der Waals surface area contributed by atoms with Crippen LogP contribution in [0.2, 0.25) is 0 Å². The molecule has 0 unspecified atom stereocenters. The minimum absolute atomic E-state index is 0.111. The molecule has 0 amide bonds. The largest absolute Gasteiger partial charge is 0.382 e. The number of rotatable bonds is 5. The molecular weight excluding hydrogens is 218 g/mol. The van der Waals surface area contributed by atoms with Crippen LogP contribution in [0.1, 0.15) is 44.9 Å². The van der Waals surface area contributed by atoms with Crippen molar-refractivity contribution in [2.24, 2.45) is 0 Å². The van der Waals surface area contributed by atoms with Gasteiger partial charge in [-0.1, -0.05) is 6.92 Å². The number of hydrogen-bond acceptors (Lipinski definition) is 4. The van der Waals surface area contributed by atoms with Crippen LogP contribution < -0.4 is 0 Å². The van der Waals surface area contributed by atoms with E-state index in [1.807, 2.05) is 0 Å². The van der Waals surface area contributed by atoms with Crippen LogP contribution in [0.25, 0.3) is 0 Å². The molecule has 0 saturated heterocycles. The third-order valence-electron chi connectivity index (χ3n) is 3.40. The van der Waals surface area contributed by atoms with Gasteiger partial charge in [0.05, 0.1) is 6.42 Å². The Morgan fingerprint density at radius 1 is 1.53 bits per heavy atom. The molecule has 1 aromatic rings. The van der Waals surface area contributed by atoms with Crippen molar-refractivity contribution in [3.05, 3.63) is 12.2 Å². The Labute approximate surface area is 101 Å². The van der Waals surface area contributed by atoms with Crippen molar-refractivity contribution >= 4 is 5.78 Å². The van der Waals surface area contributed by atoms with Crippen LogP contribution in [0.15, 0.2) is 6.33 Å². The van der Waals surface area contributed by atoms with Crippen LogP contribution in [0.5, 0.6) is 0 Å². The zero-order valence-electron chi connectivity index (χ0n) is 10.2. The van der Waals surface area contributed by atoms with E-state index in [2.05, 4.69) is 17.0 Å². The average molecular weight is 237 g/mol. The fourth-order valence-electron chi connectivity index (χ4n) is 2.37. The predicted molar refractivity (Wildman–Crippen MR) is 62.4 cm³/mol. The molecule has 0 aromatic carbocycles. The van der Waals surface area contributed by atoms with Crippen LogP contribution in [0.3, 0.4) is 0 Å². The molecule has 1 heterocycles. The van der Waals surface area contributed by atoms with Gasteiger partial charge in [-0.15, -0.1) is 0 Å². The lowest BCUT2D eigenvalue weighted by Gasteiger charge is -2.19. The average Bonchev–Trinajstić information content (AvgIpc) is 2.90. The summed E-state index contributed by atoms with van der Waals surface area (Å²) in [7, 11) is 0. The van der Waals surface area contributed by atoms with Crippen molar-refractivity contribution in [3.8, 4) is 0 Å². The smallest absolute Gasteiger partial charge is 0.171 e. The van der Waals surface area contributed by atoms with E-state index in [-0.39, 0.29) is 12.2 Å². The van der Waals surface area contributed by atoms with Crippen molar-refractivity contribution in [1.82, 2.24) is 14.8 Å². The molecule has 0 aliphatic heterocycles. The molecule has 0 spiro atoms. The molecule has 5 nitrogen and oxygen atoms in total. The number of Topliss-reactive ketones (excluding diaryl/α,β-unsaturated/α-hetero) is 1. The van der Waals surface area contributed by atoms with Gasteiger partial charge in [-0.2, -0.15) is 5.10 Å². The maximum absolute atomic E-state index is 12.1. The molecule has 1 N–H and O–H groups in total. The fraction of sp³-hybridized carbons (Fsp3) is 0.750. The summed E-state index contributed by atoms with van der Waals surface area (Å²) in [5, 5.41) is 14.3. The van der Waals surface area contributed by atoms with Crippen molar-refractivity contribution in [3.63, 3.8) is 0 Å². The predicted octanol–water partition coefficient (Wildman–Crippen LogP) is 1.10. The summed E-state index contributed by atoms with van der Waals surface area (Å²) in [6.45, 7) is 2.82. The normalized spacial score (nSPS) is 18.5. The van der Waals surface area contributed by atoms with Crippen molar-refractivity contribution in [2.45, 2.75) is 57.6 Å². The summed E-state index contributed by atoms with van der Waals surface area (Å²) in [6, 6.07) is 0. The van der Waals surface area contributed by atoms with Crippen LogP contribution in [-0.4, -0.2) is 31.3 Å². The molecule has 1 aromatic heterocycles. The summed E-state index contributed by atoms with van der Waals surface area (Å²) in [6.07, 6.45) is 5.66. The number of carbonyl (C=O) groups is 1. The third-order valence-corrected chi connectivity index (χ3v) is 3.40. The Balaban J connectivity index is 2.04. The summed E-state index contributed by atoms with van der Waals surface area (Å²) in [4.78, 5) is 16.2. The molecule has 17 heavy (non-hydrogen) atoms. The minimum Gasteiger partial charge on any atom is -0.382 e. The second-order valence-electron chi connectivity index (χ2n) is 4.74. The standard InChI is InChI=1S/C12H19N3O2/c1-2-7-15-11(13-9-14-15)8-10(16)12(17)5-3-4-6-12/h9,17H,2-8H2,1H3. The van der Waals surface area contributed by atoms with E-state index in [0.29, 0.717) is 18.7 Å². The number of aryl methyl sites for hydroxylation is 1. The zero-order valence-corrected chi connectivity index (χ0v) is 10.2. The van der Waals surface area contributed by atoms with Gasteiger partial charge in [0.2, 0.25) is 0 Å². The number of ketones is 1. The van der Waals surface area contributed by atoms with Gasteiger partial charge in [0.1, 0.15) is 17.8 Å². The topological polar surface area (TPSA) is 68.0 Å². The summed E-state index contributed by atoms with van der Waals surface area (Å²) in [5.74, 6) is 0.553. The van der Waals surface area contributed by atoms with E-state index in [4.69, 9.17) is 0 Å². The van der Waals surface area contributed by atoms with E-state index >= 15 is 0 Å². The molecular formula is C12H19N3O2. The van der Waals surface area contributed by atoms with Gasteiger partial charge in [-0.25, -0.2) is 9.67 Å². The van der Waals surface area contributed by atoms with E-state index < -0.39 is 5.60 Å². The first-order valence-electron chi connectivity index (χ1n) is 6.28. The highest BCUT2D eigenvalue weighted by Crippen LogP contribution is 2.30. The summed E-state index contributed by atoms with van der Waals surface area (Å²) < 4.78 is 1.75. The first-order chi connectivity index (χ1) is 8.15. The highest BCUT2D eigenvalue weighted by molar-refractivity contribution is 5.88. The number of aliphatic hydroxyl groups is 1. The lowest BCUT2D eigenvalue weighted by molar-refractivity contribution is -0.136. The van der Waals surface area contributed by atoms with Crippen LogP contribution in [-0.2, 0) is 17.8 Å². The maximum Gasteiger partial charge on any atom is 0.171 e. The molecule has 1 aliphatic carbocycles. The molecule has 0 radical (unpaired) electrons. The Kier molecular flexibility index (Phi) is 3.57. The lowest BCUT2D eigenvalue weighted by Crippen LogP contribution is -2.37. The molecule has 1 aliphatic rings. The second-order valence-corrected chi connectivity index (χ2v) is 4.74. The van der Waals surface area contributed by atoms with Gasteiger partial charge in [-0.3, -0.25) is 4.79 Å². The van der Waals surface area contributed by atoms with E-state index in [0.717, 1.165) is 25.8 Å². The van der Waals surface area contributed by atoms with E-state index in [1.165, 1.54) is 6.33 Å². The number of aromatic nitrogens is 3. The van der Waals surface area contributed by atoms with E-state index in [9.17, 15) is 9.90 Å². The number of hydrogen-bond donors (Lipinski definition) is 1. The highest BCUT2D eigenvalue weighted by atomic mass is 16.3. The number of carbonyl (C=O) groups excluding carboxylic acids is 1. The maximum atomic E-state index is 12.1. The quantitative estimate of drug-likeness (QED) is 0.832. The van der Waals surface area contributed by atoms with Gasteiger partial charge < -0.3 is 5.11 Å². The third kappa shape index (κ3) is 2.54. The first kappa shape index (κ1) is 12.2. The molecule has 94 valence electrons. The summed E-state index contributed by atoms with van der Waals surface area (Å²) >= 11 is 0. The molecule has 0 atom stereocenters. The Morgan fingerprint density at radius 2 is 2.24 bits per heavy atom. The van der Waals surface area contributed by atoms with Gasteiger partial charge in [0.25, 0.3) is 0 Å². The van der Waals surface area contributed by atoms with Crippen LogP contribution in [0, 0.1) is 0 Å². The second kappa shape index (κ2) is 4.96. The van der Waals surface area contributed by atoms with Crippen LogP contribution in [0.4, 0.5) is 0 Å². The Morgan fingerprint density at radius 3 is 2.88 bits per heavy atom. The zero-order chi connectivity index (χ0) is 12.3. The molecule has 0 bridgehead atoms. The number of nitrogens with zero attached hydrogens (tertiary/aromatic N) is 3. The molecule has 2 rings (SSSR count). The first-order valence-corrected chi connectivity index (χ1v) is 6.28. The molecule has 5 heteroatoms. The molecule has 1 saturated carbocycles. The van der Waals surface area contributed by atoms with E-state index in [1.54, 1.807) is 4.68 Å².